The van der Waals surface area contributed by atoms with Gasteiger partial charge in [0.1, 0.15) is 0 Å². The van der Waals surface area contributed by atoms with Gasteiger partial charge in [-0.25, -0.2) is 13.1 Å². The van der Waals surface area contributed by atoms with Crippen molar-refractivity contribution in [2.75, 3.05) is 0 Å². The molecule has 0 saturated heterocycles. The van der Waals surface area contributed by atoms with Crippen molar-refractivity contribution >= 4 is 21.4 Å². The standard InChI is InChI=1S/C14H13N3O3S2/c1-10-4-2-5-11(8-10)22(18,19)15-9-13-16-17-14(20-13)12-6-3-7-21-12/h2-8,15H,9H2,1H3. The number of nitrogens with zero attached hydrogens (tertiary/aromatic N) is 2. The third-order valence-corrected chi connectivity index (χ3v) is 5.17. The van der Waals surface area contributed by atoms with E-state index < -0.39 is 10.0 Å². The molecular weight excluding hydrogens is 322 g/mol. The highest BCUT2D eigenvalue weighted by Crippen LogP contribution is 2.23. The summed E-state index contributed by atoms with van der Waals surface area (Å²) in [5.74, 6) is 0.611. The molecule has 0 radical (unpaired) electrons. The molecule has 2 aromatic heterocycles. The van der Waals surface area contributed by atoms with Crippen LogP contribution in [0.2, 0.25) is 0 Å². The molecule has 0 atom stereocenters. The molecule has 0 spiro atoms. The first-order chi connectivity index (χ1) is 10.5. The summed E-state index contributed by atoms with van der Waals surface area (Å²) in [6, 6.07) is 10.4. The lowest BCUT2D eigenvalue weighted by molar-refractivity contribution is 0.495. The quantitative estimate of drug-likeness (QED) is 0.774. The summed E-state index contributed by atoms with van der Waals surface area (Å²) >= 11 is 1.48. The normalized spacial score (nSPS) is 11.7. The van der Waals surface area contributed by atoms with Crippen LogP contribution in [0, 0.1) is 6.92 Å². The van der Waals surface area contributed by atoms with E-state index in [1.54, 1.807) is 18.2 Å². The summed E-state index contributed by atoms with van der Waals surface area (Å²) in [5.41, 5.74) is 0.876. The van der Waals surface area contributed by atoms with Crippen LogP contribution in [0.3, 0.4) is 0 Å². The molecule has 0 fully saturated rings. The minimum Gasteiger partial charge on any atom is -0.418 e. The van der Waals surface area contributed by atoms with Gasteiger partial charge in [-0.3, -0.25) is 0 Å². The first kappa shape index (κ1) is 14.9. The highest BCUT2D eigenvalue weighted by molar-refractivity contribution is 7.89. The van der Waals surface area contributed by atoms with Gasteiger partial charge in [-0.1, -0.05) is 18.2 Å². The second kappa shape index (κ2) is 5.99. The van der Waals surface area contributed by atoms with Crippen LogP contribution in [0.5, 0.6) is 0 Å². The molecular formula is C14H13N3O3S2. The van der Waals surface area contributed by atoms with Crippen molar-refractivity contribution in [1.29, 1.82) is 0 Å². The minimum atomic E-state index is -3.60. The number of aromatic nitrogens is 2. The number of sulfonamides is 1. The van der Waals surface area contributed by atoms with Gasteiger partial charge >= 0.3 is 0 Å². The van der Waals surface area contributed by atoms with E-state index in [2.05, 4.69) is 14.9 Å². The summed E-state index contributed by atoms with van der Waals surface area (Å²) < 4.78 is 32.3. The molecule has 0 amide bonds. The maximum atomic E-state index is 12.2. The van der Waals surface area contributed by atoms with Gasteiger partial charge in [-0.15, -0.1) is 21.5 Å². The molecule has 2 heterocycles. The molecule has 1 aromatic carbocycles. The lowest BCUT2D eigenvalue weighted by Crippen LogP contribution is -2.23. The summed E-state index contributed by atoms with van der Waals surface area (Å²) in [6.07, 6.45) is 0. The molecule has 6 nitrogen and oxygen atoms in total. The first-order valence-electron chi connectivity index (χ1n) is 6.47. The van der Waals surface area contributed by atoms with Crippen LogP contribution in [0.25, 0.3) is 10.8 Å². The highest BCUT2D eigenvalue weighted by Gasteiger charge is 2.16. The van der Waals surface area contributed by atoms with Gasteiger partial charge in [0.2, 0.25) is 15.9 Å². The number of nitrogens with one attached hydrogen (secondary N) is 1. The van der Waals surface area contributed by atoms with Crippen molar-refractivity contribution in [3.63, 3.8) is 0 Å². The summed E-state index contributed by atoms with van der Waals surface area (Å²) in [4.78, 5) is 1.06. The van der Waals surface area contributed by atoms with Gasteiger partial charge in [-0.05, 0) is 36.1 Å². The molecule has 0 aliphatic heterocycles. The number of rotatable bonds is 5. The maximum Gasteiger partial charge on any atom is 0.257 e. The second-order valence-corrected chi connectivity index (χ2v) is 7.33. The molecule has 0 aliphatic carbocycles. The van der Waals surface area contributed by atoms with E-state index in [-0.39, 0.29) is 17.3 Å². The number of hydrogen-bond acceptors (Lipinski definition) is 6. The van der Waals surface area contributed by atoms with E-state index >= 15 is 0 Å². The smallest absolute Gasteiger partial charge is 0.257 e. The average Bonchev–Trinajstić information content (AvgIpc) is 3.16. The van der Waals surface area contributed by atoms with Crippen LogP contribution >= 0.6 is 11.3 Å². The van der Waals surface area contributed by atoms with Crippen LogP contribution in [0.4, 0.5) is 0 Å². The van der Waals surface area contributed by atoms with Gasteiger partial charge in [0, 0.05) is 0 Å². The number of aryl methyl sites for hydroxylation is 1. The van der Waals surface area contributed by atoms with Crippen LogP contribution in [-0.2, 0) is 16.6 Å². The monoisotopic (exact) mass is 335 g/mol. The molecule has 0 saturated carbocycles. The Bertz CT molecular complexity index is 870. The average molecular weight is 335 g/mol. The third-order valence-electron chi connectivity index (χ3n) is 2.91. The Hall–Kier alpha value is -2.03. The van der Waals surface area contributed by atoms with Gasteiger partial charge < -0.3 is 4.42 Å². The van der Waals surface area contributed by atoms with E-state index in [9.17, 15) is 8.42 Å². The second-order valence-electron chi connectivity index (χ2n) is 4.62. The van der Waals surface area contributed by atoms with E-state index in [1.807, 2.05) is 30.5 Å². The number of benzene rings is 1. The largest absolute Gasteiger partial charge is 0.418 e. The zero-order valence-corrected chi connectivity index (χ0v) is 13.3. The fourth-order valence-corrected chi connectivity index (χ4v) is 3.57. The van der Waals surface area contributed by atoms with Crippen LogP contribution in [0.1, 0.15) is 11.5 Å². The Labute approximate surface area is 131 Å². The van der Waals surface area contributed by atoms with Crippen molar-refractivity contribution in [2.45, 2.75) is 18.4 Å². The van der Waals surface area contributed by atoms with Gasteiger partial charge in [0.25, 0.3) is 5.89 Å². The van der Waals surface area contributed by atoms with Crippen LogP contribution in [0.15, 0.2) is 51.1 Å². The number of hydrogen-bond donors (Lipinski definition) is 1. The first-order valence-corrected chi connectivity index (χ1v) is 8.83. The van der Waals surface area contributed by atoms with Gasteiger partial charge in [-0.2, -0.15) is 0 Å². The zero-order chi connectivity index (χ0) is 15.6. The fourth-order valence-electron chi connectivity index (χ4n) is 1.85. The Morgan fingerprint density at radius 1 is 1.23 bits per heavy atom. The van der Waals surface area contributed by atoms with Crippen molar-refractivity contribution in [2.24, 2.45) is 0 Å². The van der Waals surface area contributed by atoms with Gasteiger partial charge in [0.05, 0.1) is 16.3 Å². The fraction of sp³-hybridized carbons (Fsp3) is 0.143. The Kier molecular flexibility index (Phi) is 4.06. The van der Waals surface area contributed by atoms with Crippen molar-refractivity contribution < 1.29 is 12.8 Å². The van der Waals surface area contributed by atoms with Crippen molar-refractivity contribution in [1.82, 2.24) is 14.9 Å². The van der Waals surface area contributed by atoms with E-state index in [0.717, 1.165) is 10.4 Å². The molecule has 22 heavy (non-hydrogen) atoms. The Morgan fingerprint density at radius 3 is 2.82 bits per heavy atom. The summed E-state index contributed by atoms with van der Waals surface area (Å²) in [5, 5.41) is 9.66. The van der Waals surface area contributed by atoms with Crippen molar-refractivity contribution in [3.8, 4) is 10.8 Å². The molecule has 0 unspecified atom stereocenters. The highest BCUT2D eigenvalue weighted by atomic mass is 32.2. The Morgan fingerprint density at radius 2 is 2.09 bits per heavy atom. The lowest BCUT2D eigenvalue weighted by atomic mass is 10.2. The molecule has 3 aromatic rings. The lowest BCUT2D eigenvalue weighted by Gasteiger charge is -2.05. The maximum absolute atomic E-state index is 12.2. The topological polar surface area (TPSA) is 85.1 Å². The van der Waals surface area contributed by atoms with Crippen molar-refractivity contribution in [3.05, 3.63) is 53.2 Å². The molecule has 0 aliphatic rings. The number of thiophene rings is 1. The molecule has 8 heteroatoms. The Balaban J connectivity index is 1.72. The third kappa shape index (κ3) is 3.24. The van der Waals surface area contributed by atoms with E-state index in [0.29, 0.717) is 5.89 Å². The molecule has 0 bridgehead atoms. The molecule has 114 valence electrons. The zero-order valence-electron chi connectivity index (χ0n) is 11.7. The van der Waals surface area contributed by atoms with Crippen LogP contribution < -0.4 is 4.72 Å². The molecule has 1 N–H and O–H groups in total. The van der Waals surface area contributed by atoms with E-state index in [1.165, 1.54) is 11.3 Å². The summed E-state index contributed by atoms with van der Waals surface area (Å²) in [6.45, 7) is 1.79. The van der Waals surface area contributed by atoms with Crippen LogP contribution in [-0.4, -0.2) is 18.6 Å². The predicted octanol–water partition coefficient (Wildman–Crippen LogP) is 2.59. The molecule has 3 rings (SSSR count). The predicted molar refractivity (Wildman–Crippen MR) is 82.8 cm³/mol. The SMILES string of the molecule is Cc1cccc(S(=O)(=O)NCc2nnc(-c3cccs3)o2)c1. The summed E-state index contributed by atoms with van der Waals surface area (Å²) in [7, 11) is -3.60. The van der Waals surface area contributed by atoms with Gasteiger partial charge in [0.15, 0.2) is 0 Å². The van der Waals surface area contributed by atoms with E-state index in [4.69, 9.17) is 4.42 Å². The minimum absolute atomic E-state index is 0.0470.